The summed E-state index contributed by atoms with van der Waals surface area (Å²) in [5.41, 5.74) is 1.28. The van der Waals surface area contributed by atoms with Crippen LogP contribution in [0, 0.1) is 12.7 Å². The van der Waals surface area contributed by atoms with Gasteiger partial charge >= 0.3 is 0 Å². The number of hydrogen-bond donors (Lipinski definition) is 0. The van der Waals surface area contributed by atoms with Gasteiger partial charge < -0.3 is 0 Å². The lowest BCUT2D eigenvalue weighted by Crippen LogP contribution is -1.94. The summed E-state index contributed by atoms with van der Waals surface area (Å²) in [5, 5.41) is -0.430. The summed E-state index contributed by atoms with van der Waals surface area (Å²) in [4.78, 5) is 10.5. The van der Waals surface area contributed by atoms with Crippen LogP contribution in [-0.4, -0.2) is 5.24 Å². The summed E-state index contributed by atoms with van der Waals surface area (Å²) in [6.07, 6.45) is 0.155. The summed E-state index contributed by atoms with van der Waals surface area (Å²) in [6.45, 7) is 1.65. The van der Waals surface area contributed by atoms with E-state index in [9.17, 15) is 9.18 Å². The van der Waals surface area contributed by atoms with Crippen LogP contribution in [0.25, 0.3) is 0 Å². The zero-order valence-electron chi connectivity index (χ0n) is 6.60. The van der Waals surface area contributed by atoms with E-state index in [2.05, 4.69) is 0 Å². The third-order valence-electron chi connectivity index (χ3n) is 1.57. The average molecular weight is 187 g/mol. The van der Waals surface area contributed by atoms with Crippen molar-refractivity contribution in [2.45, 2.75) is 13.3 Å². The van der Waals surface area contributed by atoms with Gasteiger partial charge in [0, 0.05) is 6.42 Å². The molecule has 0 radical (unpaired) electrons. The Morgan fingerprint density at radius 2 is 2.25 bits per heavy atom. The minimum atomic E-state index is -0.430. The monoisotopic (exact) mass is 186 g/mol. The zero-order chi connectivity index (χ0) is 9.14. The van der Waals surface area contributed by atoms with Crippen molar-refractivity contribution >= 4 is 16.8 Å². The topological polar surface area (TPSA) is 17.1 Å². The van der Waals surface area contributed by atoms with Crippen LogP contribution in [0.1, 0.15) is 11.1 Å². The Balaban J connectivity index is 2.89. The zero-order valence-corrected chi connectivity index (χ0v) is 7.36. The van der Waals surface area contributed by atoms with Crippen LogP contribution in [0.5, 0.6) is 0 Å². The first kappa shape index (κ1) is 9.20. The molecular formula is C9H8ClFO. The molecule has 0 N–H and O–H groups in total. The second-order valence-corrected chi connectivity index (χ2v) is 3.04. The predicted molar refractivity (Wildman–Crippen MR) is 45.7 cm³/mol. The first-order valence-corrected chi connectivity index (χ1v) is 3.91. The van der Waals surface area contributed by atoms with Gasteiger partial charge in [0.15, 0.2) is 0 Å². The number of carbonyl (C=O) groups excluding carboxylic acids is 1. The van der Waals surface area contributed by atoms with E-state index in [1.54, 1.807) is 19.1 Å². The number of halogens is 2. The summed E-state index contributed by atoms with van der Waals surface area (Å²) in [7, 11) is 0. The molecule has 0 aliphatic rings. The lowest BCUT2D eigenvalue weighted by Gasteiger charge is -1.99. The van der Waals surface area contributed by atoms with Crippen molar-refractivity contribution in [3.63, 3.8) is 0 Å². The number of benzene rings is 1. The summed E-state index contributed by atoms with van der Waals surface area (Å²) < 4.78 is 12.7. The highest BCUT2D eigenvalue weighted by molar-refractivity contribution is 6.63. The van der Waals surface area contributed by atoms with Gasteiger partial charge in [0.1, 0.15) is 5.82 Å². The van der Waals surface area contributed by atoms with Crippen molar-refractivity contribution in [1.82, 2.24) is 0 Å². The second kappa shape index (κ2) is 3.68. The first-order valence-electron chi connectivity index (χ1n) is 3.53. The third-order valence-corrected chi connectivity index (χ3v) is 1.70. The van der Waals surface area contributed by atoms with E-state index in [0.717, 1.165) is 5.56 Å². The average Bonchev–Trinajstić information content (AvgIpc) is 1.96. The molecule has 0 atom stereocenters. The number of carbonyl (C=O) groups is 1. The molecule has 0 fully saturated rings. The standard InChI is InChI=1S/C9H8ClFO/c1-6-4-7(5-9(10)12)2-3-8(6)11/h2-4H,5H2,1H3. The van der Waals surface area contributed by atoms with E-state index < -0.39 is 5.24 Å². The quantitative estimate of drug-likeness (QED) is 0.649. The molecule has 1 aromatic rings. The lowest BCUT2D eigenvalue weighted by atomic mass is 10.1. The Morgan fingerprint density at radius 1 is 1.58 bits per heavy atom. The normalized spacial score (nSPS) is 9.92. The van der Waals surface area contributed by atoms with E-state index in [0.29, 0.717) is 5.56 Å². The van der Waals surface area contributed by atoms with E-state index in [4.69, 9.17) is 11.6 Å². The molecule has 0 aromatic heterocycles. The van der Waals surface area contributed by atoms with Gasteiger partial charge in [-0.05, 0) is 35.7 Å². The number of aryl methyl sites for hydroxylation is 1. The second-order valence-electron chi connectivity index (χ2n) is 2.62. The largest absolute Gasteiger partial charge is 0.281 e. The molecule has 0 amide bonds. The molecule has 0 saturated heterocycles. The molecule has 0 aliphatic heterocycles. The van der Waals surface area contributed by atoms with Crippen LogP contribution in [0.15, 0.2) is 18.2 Å². The highest BCUT2D eigenvalue weighted by atomic mass is 35.5. The Bertz CT molecular complexity index is 309. The van der Waals surface area contributed by atoms with E-state index >= 15 is 0 Å². The maximum Gasteiger partial charge on any atom is 0.226 e. The Labute approximate surface area is 75.2 Å². The third kappa shape index (κ3) is 2.31. The van der Waals surface area contributed by atoms with Crippen molar-refractivity contribution in [2.24, 2.45) is 0 Å². The minimum absolute atomic E-state index is 0.155. The lowest BCUT2D eigenvalue weighted by molar-refractivity contribution is -0.111. The predicted octanol–water partition coefficient (Wildman–Crippen LogP) is 2.44. The molecule has 0 saturated carbocycles. The first-order chi connectivity index (χ1) is 5.59. The SMILES string of the molecule is Cc1cc(CC(=O)Cl)ccc1F. The van der Waals surface area contributed by atoms with Crippen LogP contribution in [0.2, 0.25) is 0 Å². The summed E-state index contributed by atoms with van der Waals surface area (Å²) in [5.74, 6) is -0.263. The Kier molecular flexibility index (Phi) is 2.82. The molecular weight excluding hydrogens is 179 g/mol. The molecule has 64 valence electrons. The van der Waals surface area contributed by atoms with Gasteiger partial charge in [-0.1, -0.05) is 12.1 Å². The van der Waals surface area contributed by atoms with Crippen molar-refractivity contribution in [3.05, 3.63) is 35.1 Å². The molecule has 0 aliphatic carbocycles. The Morgan fingerprint density at radius 3 is 2.75 bits per heavy atom. The molecule has 0 heterocycles. The van der Waals surface area contributed by atoms with Crippen LogP contribution in [0.3, 0.4) is 0 Å². The molecule has 3 heteroatoms. The van der Waals surface area contributed by atoms with Gasteiger partial charge in [-0.2, -0.15) is 0 Å². The van der Waals surface area contributed by atoms with Crippen molar-refractivity contribution in [3.8, 4) is 0 Å². The maximum atomic E-state index is 12.7. The van der Waals surface area contributed by atoms with Crippen LogP contribution < -0.4 is 0 Å². The maximum absolute atomic E-state index is 12.7. The van der Waals surface area contributed by atoms with E-state index in [1.165, 1.54) is 6.07 Å². The van der Waals surface area contributed by atoms with Crippen molar-refractivity contribution in [2.75, 3.05) is 0 Å². The smallest absolute Gasteiger partial charge is 0.226 e. The van der Waals surface area contributed by atoms with Gasteiger partial charge in [-0.25, -0.2) is 4.39 Å². The minimum Gasteiger partial charge on any atom is -0.281 e. The van der Waals surface area contributed by atoms with Gasteiger partial charge in [0.25, 0.3) is 0 Å². The van der Waals surface area contributed by atoms with Gasteiger partial charge in [0.2, 0.25) is 5.24 Å². The molecule has 1 rings (SSSR count). The number of rotatable bonds is 2. The fourth-order valence-corrected chi connectivity index (χ4v) is 1.13. The molecule has 0 spiro atoms. The van der Waals surface area contributed by atoms with Crippen LogP contribution >= 0.6 is 11.6 Å². The van der Waals surface area contributed by atoms with Crippen molar-refractivity contribution < 1.29 is 9.18 Å². The summed E-state index contributed by atoms with van der Waals surface area (Å²) in [6, 6.07) is 4.52. The van der Waals surface area contributed by atoms with E-state index in [-0.39, 0.29) is 12.2 Å². The highest BCUT2D eigenvalue weighted by Gasteiger charge is 2.02. The number of hydrogen-bond acceptors (Lipinski definition) is 1. The van der Waals surface area contributed by atoms with Gasteiger partial charge in [0.05, 0.1) is 0 Å². The fourth-order valence-electron chi connectivity index (χ4n) is 0.977. The molecule has 0 bridgehead atoms. The van der Waals surface area contributed by atoms with Gasteiger partial charge in [-0.3, -0.25) is 4.79 Å². The van der Waals surface area contributed by atoms with E-state index in [1.807, 2.05) is 0 Å². The molecule has 1 nitrogen and oxygen atoms in total. The Hall–Kier alpha value is -0.890. The molecule has 12 heavy (non-hydrogen) atoms. The highest BCUT2D eigenvalue weighted by Crippen LogP contribution is 2.10. The molecule has 1 aromatic carbocycles. The van der Waals surface area contributed by atoms with Crippen molar-refractivity contribution in [1.29, 1.82) is 0 Å². The van der Waals surface area contributed by atoms with Crippen LogP contribution in [-0.2, 0) is 11.2 Å². The fraction of sp³-hybridized carbons (Fsp3) is 0.222. The molecule has 0 unspecified atom stereocenters. The summed E-state index contributed by atoms with van der Waals surface area (Å²) >= 11 is 5.17. The van der Waals surface area contributed by atoms with Crippen LogP contribution in [0.4, 0.5) is 4.39 Å². The van der Waals surface area contributed by atoms with Gasteiger partial charge in [-0.15, -0.1) is 0 Å².